The number of hydrogen-bond acceptors (Lipinski definition) is 6. The second-order valence-electron chi connectivity index (χ2n) is 7.30. The van der Waals surface area contributed by atoms with E-state index in [0.29, 0.717) is 27.7 Å². The number of benzene rings is 2. The number of rotatable bonds is 5. The van der Waals surface area contributed by atoms with Crippen LogP contribution in [0.5, 0.6) is 0 Å². The van der Waals surface area contributed by atoms with Gasteiger partial charge in [0.25, 0.3) is 5.56 Å². The predicted molar refractivity (Wildman–Crippen MR) is 126 cm³/mol. The molecule has 7 nitrogen and oxygen atoms in total. The molecule has 0 atom stereocenters. The van der Waals surface area contributed by atoms with Crippen molar-refractivity contribution < 1.29 is 9.21 Å². The van der Waals surface area contributed by atoms with E-state index in [4.69, 9.17) is 16.0 Å². The summed E-state index contributed by atoms with van der Waals surface area (Å²) < 4.78 is 6.89. The van der Waals surface area contributed by atoms with Gasteiger partial charge in [0.05, 0.1) is 12.0 Å². The second-order valence-corrected chi connectivity index (χ2v) is 8.79. The molecular formula is C23H17ClN4O3S. The maximum absolute atomic E-state index is 12.8. The topological polar surface area (TPSA) is 90.0 Å². The van der Waals surface area contributed by atoms with Crippen molar-refractivity contribution in [1.82, 2.24) is 14.5 Å². The number of nitrogens with zero attached hydrogens (tertiary/aromatic N) is 3. The van der Waals surface area contributed by atoms with Crippen LogP contribution in [0.3, 0.4) is 0 Å². The number of fused-ring (bicyclic) bond motifs is 3. The first-order valence-corrected chi connectivity index (χ1v) is 11.1. The fraction of sp³-hybridized carbons (Fsp3) is 0.130. The number of anilines is 1. The molecule has 5 rings (SSSR count). The quantitative estimate of drug-likeness (QED) is 0.404. The van der Waals surface area contributed by atoms with Crippen LogP contribution in [-0.2, 0) is 17.8 Å². The normalized spacial score (nSPS) is 11.3. The highest BCUT2D eigenvalue weighted by molar-refractivity contribution is 7.15. The van der Waals surface area contributed by atoms with Gasteiger partial charge in [0, 0.05) is 21.7 Å². The lowest BCUT2D eigenvalue weighted by Gasteiger charge is -2.04. The van der Waals surface area contributed by atoms with E-state index in [-0.39, 0.29) is 18.0 Å². The molecule has 0 spiro atoms. The highest BCUT2D eigenvalue weighted by atomic mass is 35.5. The van der Waals surface area contributed by atoms with Gasteiger partial charge in [-0.2, -0.15) is 0 Å². The summed E-state index contributed by atoms with van der Waals surface area (Å²) in [4.78, 5) is 35.2. The Hall–Kier alpha value is -3.49. The van der Waals surface area contributed by atoms with E-state index in [0.717, 1.165) is 21.5 Å². The van der Waals surface area contributed by atoms with Gasteiger partial charge in [0.15, 0.2) is 5.13 Å². The molecule has 160 valence electrons. The lowest BCUT2D eigenvalue weighted by atomic mass is 10.1. The molecule has 0 aliphatic rings. The van der Waals surface area contributed by atoms with E-state index in [2.05, 4.69) is 15.3 Å². The molecule has 3 aromatic heterocycles. The first-order valence-electron chi connectivity index (χ1n) is 9.86. The zero-order valence-electron chi connectivity index (χ0n) is 17.0. The van der Waals surface area contributed by atoms with Gasteiger partial charge in [-0.05, 0) is 30.7 Å². The molecule has 2 aromatic carbocycles. The first-order chi connectivity index (χ1) is 15.5. The number of thiazole rings is 1. The van der Waals surface area contributed by atoms with Gasteiger partial charge in [0.2, 0.25) is 11.5 Å². The van der Waals surface area contributed by atoms with Crippen molar-refractivity contribution in [3.8, 4) is 0 Å². The lowest BCUT2D eigenvalue weighted by Crippen LogP contribution is -2.27. The third-order valence-corrected chi connectivity index (χ3v) is 6.55. The number of carbonyl (C=O) groups excluding carboxylic acids is 1. The number of nitrogens with one attached hydrogen (secondary N) is 1. The molecule has 0 radical (unpaired) electrons. The van der Waals surface area contributed by atoms with E-state index in [9.17, 15) is 9.59 Å². The molecule has 0 fully saturated rings. The largest absolute Gasteiger partial charge is 0.448 e. The van der Waals surface area contributed by atoms with Crippen LogP contribution in [0, 0.1) is 6.92 Å². The Labute approximate surface area is 191 Å². The maximum Gasteiger partial charge on any atom is 0.297 e. The van der Waals surface area contributed by atoms with Crippen LogP contribution in [0.15, 0.2) is 64.1 Å². The van der Waals surface area contributed by atoms with Crippen molar-refractivity contribution in [3.05, 3.63) is 86.4 Å². The molecule has 0 aliphatic carbocycles. The maximum atomic E-state index is 12.8. The fourth-order valence-electron chi connectivity index (χ4n) is 3.50. The minimum atomic E-state index is -0.406. The van der Waals surface area contributed by atoms with Crippen molar-refractivity contribution in [2.75, 3.05) is 5.32 Å². The van der Waals surface area contributed by atoms with Crippen molar-refractivity contribution in [3.63, 3.8) is 0 Å². The molecule has 0 bridgehead atoms. The fourth-order valence-corrected chi connectivity index (χ4v) is 4.71. The second kappa shape index (κ2) is 8.22. The highest BCUT2D eigenvalue weighted by Gasteiger charge is 2.16. The lowest BCUT2D eigenvalue weighted by molar-refractivity contribution is -0.116. The molecule has 1 amide bonds. The Morgan fingerprint density at radius 3 is 2.81 bits per heavy atom. The molecule has 0 saturated carbocycles. The Balaban J connectivity index is 1.34. The molecule has 0 saturated heterocycles. The van der Waals surface area contributed by atoms with E-state index < -0.39 is 5.56 Å². The van der Waals surface area contributed by atoms with Gasteiger partial charge in [-0.15, -0.1) is 11.3 Å². The summed E-state index contributed by atoms with van der Waals surface area (Å²) >= 11 is 7.65. The van der Waals surface area contributed by atoms with E-state index in [1.165, 1.54) is 22.2 Å². The molecule has 0 aliphatic heterocycles. The summed E-state index contributed by atoms with van der Waals surface area (Å²) in [6.45, 7) is 1.69. The minimum Gasteiger partial charge on any atom is -0.448 e. The van der Waals surface area contributed by atoms with Gasteiger partial charge in [-0.25, -0.2) is 9.97 Å². The van der Waals surface area contributed by atoms with E-state index >= 15 is 0 Å². The molecular weight excluding hydrogens is 448 g/mol. The number of aryl methyl sites for hydroxylation is 1. The Morgan fingerprint density at radius 1 is 1.19 bits per heavy atom. The van der Waals surface area contributed by atoms with Crippen molar-refractivity contribution in [2.45, 2.75) is 19.9 Å². The van der Waals surface area contributed by atoms with Crippen LogP contribution < -0.4 is 10.9 Å². The number of hydrogen-bond donors (Lipinski definition) is 1. The number of furan rings is 1. The van der Waals surface area contributed by atoms with Crippen LogP contribution in [0.2, 0.25) is 5.02 Å². The molecule has 3 heterocycles. The minimum absolute atomic E-state index is 0.133. The number of amides is 1. The third-order valence-electron chi connectivity index (χ3n) is 5.11. The highest BCUT2D eigenvalue weighted by Crippen LogP contribution is 2.28. The summed E-state index contributed by atoms with van der Waals surface area (Å²) in [6.07, 6.45) is 1.99. The Kier molecular flexibility index (Phi) is 5.24. The Morgan fingerprint density at radius 2 is 1.97 bits per heavy atom. The number of carbonyl (C=O) groups is 1. The van der Waals surface area contributed by atoms with Crippen molar-refractivity contribution >= 4 is 56.0 Å². The standard InChI is InChI=1S/C23H17ClN4O3S/c1-13-18(10-14-6-2-4-8-16(14)24)32-23(26-13)27-19(29)11-28-12-25-20-15-7-3-5-9-17(15)31-21(20)22(28)30/h2-9,12H,10-11H2,1H3,(H,26,27,29). The van der Waals surface area contributed by atoms with E-state index in [1.807, 2.05) is 49.4 Å². The van der Waals surface area contributed by atoms with Crippen molar-refractivity contribution in [2.24, 2.45) is 0 Å². The van der Waals surface area contributed by atoms with Gasteiger partial charge in [-0.3, -0.25) is 14.2 Å². The van der Waals surface area contributed by atoms with Crippen LogP contribution in [0.25, 0.3) is 22.1 Å². The molecule has 9 heteroatoms. The average molecular weight is 465 g/mol. The summed E-state index contributed by atoms with van der Waals surface area (Å²) in [5.74, 6) is -0.373. The number of halogens is 1. The van der Waals surface area contributed by atoms with Crippen LogP contribution in [-0.4, -0.2) is 20.4 Å². The monoisotopic (exact) mass is 464 g/mol. The van der Waals surface area contributed by atoms with Gasteiger partial charge >= 0.3 is 0 Å². The molecule has 32 heavy (non-hydrogen) atoms. The SMILES string of the molecule is Cc1nc(NC(=O)Cn2cnc3c(oc4ccccc43)c2=O)sc1Cc1ccccc1Cl. The summed E-state index contributed by atoms with van der Waals surface area (Å²) in [7, 11) is 0. The van der Waals surface area contributed by atoms with Gasteiger partial charge < -0.3 is 9.73 Å². The van der Waals surface area contributed by atoms with Crippen LogP contribution >= 0.6 is 22.9 Å². The molecule has 1 N–H and O–H groups in total. The Bertz CT molecular complexity index is 1540. The summed E-state index contributed by atoms with van der Waals surface area (Å²) in [5, 5.41) is 4.70. The third kappa shape index (κ3) is 3.79. The van der Waals surface area contributed by atoms with Crippen LogP contribution in [0.1, 0.15) is 16.1 Å². The molecule has 5 aromatic rings. The zero-order chi connectivity index (χ0) is 22.2. The van der Waals surface area contributed by atoms with Crippen LogP contribution in [0.4, 0.5) is 5.13 Å². The summed E-state index contributed by atoms with van der Waals surface area (Å²) in [5.41, 5.74) is 2.62. The smallest absolute Gasteiger partial charge is 0.297 e. The average Bonchev–Trinajstić information content (AvgIpc) is 3.32. The van der Waals surface area contributed by atoms with Crippen molar-refractivity contribution in [1.29, 1.82) is 0 Å². The summed E-state index contributed by atoms with van der Waals surface area (Å²) in [6, 6.07) is 14.9. The zero-order valence-corrected chi connectivity index (χ0v) is 18.5. The number of aromatic nitrogens is 3. The predicted octanol–water partition coefficient (Wildman–Crippen LogP) is 4.79. The van der Waals surface area contributed by atoms with E-state index in [1.54, 1.807) is 6.07 Å². The number of para-hydroxylation sites is 1. The molecule has 0 unspecified atom stereocenters. The van der Waals surface area contributed by atoms with Gasteiger partial charge in [0.1, 0.15) is 17.6 Å². The first kappa shape index (κ1) is 20.4. The van der Waals surface area contributed by atoms with Gasteiger partial charge in [-0.1, -0.05) is 41.9 Å².